The van der Waals surface area contributed by atoms with Crippen LogP contribution in [0.4, 0.5) is 0 Å². The SMILES string of the molecule is CNCc1cccc(COc2cccc(C)c2C)n1. The molecule has 3 nitrogen and oxygen atoms in total. The van der Waals surface area contributed by atoms with Gasteiger partial charge < -0.3 is 10.1 Å². The first-order chi connectivity index (χ1) is 9.20. The Morgan fingerprint density at radius 3 is 2.58 bits per heavy atom. The Balaban J connectivity index is 2.06. The fraction of sp³-hybridized carbons (Fsp3) is 0.312. The fourth-order valence-electron chi connectivity index (χ4n) is 1.92. The van der Waals surface area contributed by atoms with Gasteiger partial charge in [-0.2, -0.15) is 0 Å². The highest BCUT2D eigenvalue weighted by Gasteiger charge is 2.03. The minimum Gasteiger partial charge on any atom is -0.487 e. The van der Waals surface area contributed by atoms with Gasteiger partial charge in [0.15, 0.2) is 0 Å². The number of benzene rings is 1. The molecule has 0 saturated carbocycles. The molecule has 3 heteroatoms. The molecule has 0 atom stereocenters. The topological polar surface area (TPSA) is 34.1 Å². The molecule has 0 bridgehead atoms. The molecule has 0 radical (unpaired) electrons. The number of pyridine rings is 1. The maximum Gasteiger partial charge on any atom is 0.130 e. The van der Waals surface area contributed by atoms with E-state index in [1.807, 2.05) is 37.4 Å². The third kappa shape index (κ3) is 3.55. The minimum atomic E-state index is 0.502. The zero-order valence-electron chi connectivity index (χ0n) is 11.7. The first-order valence-corrected chi connectivity index (χ1v) is 6.49. The molecule has 0 aliphatic carbocycles. The number of aryl methyl sites for hydroxylation is 1. The largest absolute Gasteiger partial charge is 0.487 e. The molecule has 2 aromatic rings. The van der Waals surface area contributed by atoms with Gasteiger partial charge in [-0.3, -0.25) is 4.98 Å². The van der Waals surface area contributed by atoms with Gasteiger partial charge in [-0.05, 0) is 50.2 Å². The first kappa shape index (κ1) is 13.6. The van der Waals surface area contributed by atoms with Crippen molar-refractivity contribution in [1.29, 1.82) is 0 Å². The van der Waals surface area contributed by atoms with Gasteiger partial charge in [0.2, 0.25) is 0 Å². The third-order valence-corrected chi connectivity index (χ3v) is 3.15. The smallest absolute Gasteiger partial charge is 0.130 e. The predicted octanol–water partition coefficient (Wildman–Crippen LogP) is 3.00. The van der Waals surface area contributed by atoms with Crippen LogP contribution in [0, 0.1) is 13.8 Å². The third-order valence-electron chi connectivity index (χ3n) is 3.15. The van der Waals surface area contributed by atoms with Crippen molar-refractivity contribution in [2.45, 2.75) is 27.0 Å². The summed E-state index contributed by atoms with van der Waals surface area (Å²) in [6.07, 6.45) is 0. The number of hydrogen-bond acceptors (Lipinski definition) is 3. The van der Waals surface area contributed by atoms with Crippen LogP contribution >= 0.6 is 0 Å². The van der Waals surface area contributed by atoms with Gasteiger partial charge >= 0.3 is 0 Å². The predicted molar refractivity (Wildman–Crippen MR) is 77.2 cm³/mol. The Morgan fingerprint density at radius 1 is 1.05 bits per heavy atom. The van der Waals surface area contributed by atoms with Crippen LogP contribution in [-0.4, -0.2) is 12.0 Å². The van der Waals surface area contributed by atoms with Crippen molar-refractivity contribution >= 4 is 0 Å². The van der Waals surface area contributed by atoms with E-state index in [0.29, 0.717) is 6.61 Å². The van der Waals surface area contributed by atoms with Crippen LogP contribution in [0.1, 0.15) is 22.5 Å². The molecule has 1 heterocycles. The molecule has 1 aromatic carbocycles. The average molecular weight is 256 g/mol. The van der Waals surface area contributed by atoms with E-state index in [4.69, 9.17) is 4.74 Å². The van der Waals surface area contributed by atoms with Crippen LogP contribution in [0.15, 0.2) is 36.4 Å². The zero-order chi connectivity index (χ0) is 13.7. The number of hydrogen-bond donors (Lipinski definition) is 1. The molecule has 2 rings (SSSR count). The minimum absolute atomic E-state index is 0.502. The number of nitrogens with zero attached hydrogens (tertiary/aromatic N) is 1. The molecular formula is C16H20N2O. The molecule has 19 heavy (non-hydrogen) atoms. The monoisotopic (exact) mass is 256 g/mol. The van der Waals surface area contributed by atoms with E-state index in [2.05, 4.69) is 30.2 Å². The molecule has 0 aliphatic rings. The summed E-state index contributed by atoms with van der Waals surface area (Å²) in [6.45, 7) is 5.45. The Bertz CT molecular complexity index is 552. The Hall–Kier alpha value is -1.87. The maximum absolute atomic E-state index is 5.85. The first-order valence-electron chi connectivity index (χ1n) is 6.49. The molecule has 0 spiro atoms. The van der Waals surface area contributed by atoms with E-state index in [0.717, 1.165) is 23.7 Å². The van der Waals surface area contributed by atoms with E-state index in [1.165, 1.54) is 11.1 Å². The van der Waals surface area contributed by atoms with Crippen molar-refractivity contribution in [3.05, 3.63) is 58.9 Å². The summed E-state index contributed by atoms with van der Waals surface area (Å²) in [7, 11) is 1.92. The van der Waals surface area contributed by atoms with Gasteiger partial charge in [0.05, 0.1) is 11.4 Å². The number of rotatable bonds is 5. The quantitative estimate of drug-likeness (QED) is 0.893. The van der Waals surface area contributed by atoms with Gasteiger partial charge in [-0.25, -0.2) is 0 Å². The standard InChI is InChI=1S/C16H20N2O/c1-12-6-4-9-16(13(12)2)19-11-15-8-5-7-14(18-15)10-17-3/h4-9,17H,10-11H2,1-3H3. The molecule has 0 saturated heterocycles. The van der Waals surface area contributed by atoms with Crippen LogP contribution in [0.3, 0.4) is 0 Å². The summed E-state index contributed by atoms with van der Waals surface area (Å²) in [5, 5.41) is 3.10. The lowest BCUT2D eigenvalue weighted by molar-refractivity contribution is 0.298. The van der Waals surface area contributed by atoms with Crippen molar-refractivity contribution in [3.63, 3.8) is 0 Å². The van der Waals surface area contributed by atoms with Crippen molar-refractivity contribution in [2.75, 3.05) is 7.05 Å². The normalized spacial score (nSPS) is 10.5. The maximum atomic E-state index is 5.85. The van der Waals surface area contributed by atoms with Crippen molar-refractivity contribution in [3.8, 4) is 5.75 Å². The fourth-order valence-corrected chi connectivity index (χ4v) is 1.92. The van der Waals surface area contributed by atoms with Gasteiger partial charge in [0.25, 0.3) is 0 Å². The highest BCUT2D eigenvalue weighted by atomic mass is 16.5. The highest BCUT2D eigenvalue weighted by Crippen LogP contribution is 2.21. The van der Waals surface area contributed by atoms with Crippen molar-refractivity contribution < 1.29 is 4.74 Å². The van der Waals surface area contributed by atoms with Gasteiger partial charge in [-0.15, -0.1) is 0 Å². The van der Waals surface area contributed by atoms with Gasteiger partial charge in [0, 0.05) is 6.54 Å². The Kier molecular flexibility index (Phi) is 4.53. The van der Waals surface area contributed by atoms with E-state index < -0.39 is 0 Å². The Morgan fingerprint density at radius 2 is 1.79 bits per heavy atom. The van der Waals surface area contributed by atoms with E-state index in [1.54, 1.807) is 0 Å². The number of nitrogens with one attached hydrogen (secondary N) is 1. The Labute approximate surface area is 114 Å². The number of aromatic nitrogens is 1. The second-order valence-electron chi connectivity index (χ2n) is 4.64. The molecular weight excluding hydrogens is 236 g/mol. The van der Waals surface area contributed by atoms with Crippen molar-refractivity contribution in [1.82, 2.24) is 10.3 Å². The van der Waals surface area contributed by atoms with Crippen LogP contribution in [0.2, 0.25) is 0 Å². The average Bonchev–Trinajstić information content (AvgIpc) is 2.41. The zero-order valence-corrected chi connectivity index (χ0v) is 11.7. The van der Waals surface area contributed by atoms with E-state index in [9.17, 15) is 0 Å². The summed E-state index contributed by atoms with van der Waals surface area (Å²) in [4.78, 5) is 4.54. The summed E-state index contributed by atoms with van der Waals surface area (Å²) in [6, 6.07) is 12.1. The van der Waals surface area contributed by atoms with E-state index in [-0.39, 0.29) is 0 Å². The molecule has 0 amide bonds. The van der Waals surface area contributed by atoms with Gasteiger partial charge in [0.1, 0.15) is 12.4 Å². The highest BCUT2D eigenvalue weighted by molar-refractivity contribution is 5.38. The van der Waals surface area contributed by atoms with Crippen molar-refractivity contribution in [2.24, 2.45) is 0 Å². The van der Waals surface area contributed by atoms with Crippen LogP contribution in [0.25, 0.3) is 0 Å². The molecule has 100 valence electrons. The lowest BCUT2D eigenvalue weighted by atomic mass is 10.1. The van der Waals surface area contributed by atoms with E-state index >= 15 is 0 Å². The summed E-state index contributed by atoms with van der Waals surface area (Å²) in [5.41, 5.74) is 4.42. The van der Waals surface area contributed by atoms with Gasteiger partial charge in [-0.1, -0.05) is 18.2 Å². The lowest BCUT2D eigenvalue weighted by Gasteiger charge is -2.11. The summed E-state index contributed by atoms with van der Waals surface area (Å²) in [5.74, 6) is 0.931. The van der Waals surface area contributed by atoms with Crippen LogP contribution in [-0.2, 0) is 13.2 Å². The lowest BCUT2D eigenvalue weighted by Crippen LogP contribution is -2.08. The molecule has 1 aromatic heterocycles. The summed E-state index contributed by atoms with van der Waals surface area (Å²) < 4.78 is 5.85. The second-order valence-corrected chi connectivity index (χ2v) is 4.64. The number of ether oxygens (including phenoxy) is 1. The van der Waals surface area contributed by atoms with Crippen LogP contribution in [0.5, 0.6) is 5.75 Å². The summed E-state index contributed by atoms with van der Waals surface area (Å²) >= 11 is 0. The second kappa shape index (κ2) is 6.34. The van der Waals surface area contributed by atoms with Crippen LogP contribution < -0.4 is 10.1 Å². The molecule has 0 unspecified atom stereocenters. The molecule has 0 fully saturated rings. The molecule has 0 aliphatic heterocycles. The molecule has 1 N–H and O–H groups in total.